The minimum absolute atomic E-state index is 0.662. The van der Waals surface area contributed by atoms with Crippen LogP contribution in [0.5, 0.6) is 17.2 Å². The van der Waals surface area contributed by atoms with Crippen molar-refractivity contribution < 1.29 is 14.2 Å². The van der Waals surface area contributed by atoms with Crippen molar-refractivity contribution in [2.75, 3.05) is 47.5 Å². The van der Waals surface area contributed by atoms with Crippen LogP contribution in [0.2, 0.25) is 0 Å². The number of ether oxygens (including phenoxy) is 3. The van der Waals surface area contributed by atoms with E-state index < -0.39 is 0 Å². The van der Waals surface area contributed by atoms with Crippen molar-refractivity contribution in [2.24, 2.45) is 5.92 Å². The van der Waals surface area contributed by atoms with Crippen LogP contribution < -0.4 is 14.2 Å². The number of rotatable bonds is 6. The summed E-state index contributed by atoms with van der Waals surface area (Å²) in [5.41, 5.74) is 1.21. The van der Waals surface area contributed by atoms with Crippen LogP contribution in [-0.4, -0.2) is 63.4 Å². The van der Waals surface area contributed by atoms with E-state index in [0.29, 0.717) is 5.75 Å². The molecule has 0 bridgehead atoms. The van der Waals surface area contributed by atoms with Crippen LogP contribution in [0.3, 0.4) is 0 Å². The molecule has 0 aromatic heterocycles. The minimum atomic E-state index is 0.662. The summed E-state index contributed by atoms with van der Waals surface area (Å²) in [6.07, 6.45) is 5.58. The normalized spacial score (nSPS) is 25.1. The predicted molar refractivity (Wildman–Crippen MR) is 104 cm³/mol. The Balaban J connectivity index is 1.59. The van der Waals surface area contributed by atoms with Crippen molar-refractivity contribution in [2.45, 2.75) is 45.2 Å². The third-order valence-electron chi connectivity index (χ3n) is 5.96. The van der Waals surface area contributed by atoms with Crippen molar-refractivity contribution in [1.29, 1.82) is 0 Å². The molecule has 1 aromatic rings. The van der Waals surface area contributed by atoms with Crippen LogP contribution in [-0.2, 0) is 6.54 Å². The fourth-order valence-electron chi connectivity index (χ4n) is 4.51. The first kappa shape index (κ1) is 19.3. The Bertz CT molecular complexity index is 560. The lowest BCUT2D eigenvalue weighted by molar-refractivity contribution is 0.0658. The molecule has 0 N–H and O–H groups in total. The van der Waals surface area contributed by atoms with Gasteiger partial charge in [-0.15, -0.1) is 0 Å². The highest BCUT2D eigenvalue weighted by Gasteiger charge is 2.27. The topological polar surface area (TPSA) is 34.2 Å². The quantitative estimate of drug-likeness (QED) is 0.775. The third kappa shape index (κ3) is 4.44. The Hall–Kier alpha value is -1.46. The van der Waals surface area contributed by atoms with E-state index in [1.807, 2.05) is 0 Å². The maximum Gasteiger partial charge on any atom is 0.203 e. The Morgan fingerprint density at radius 1 is 0.923 bits per heavy atom. The first-order valence-corrected chi connectivity index (χ1v) is 9.90. The maximum absolute atomic E-state index is 5.48. The second kappa shape index (κ2) is 8.96. The standard InChI is InChI=1S/C21H34N2O3/c1-16-6-5-7-18(12-16)23-10-8-22(9-11-23)15-17-13-19(24-2)21(26-4)20(14-17)25-3/h13-14,16,18H,5-12,15H2,1-4H3/t16-,18+/m1/s1. The summed E-state index contributed by atoms with van der Waals surface area (Å²) >= 11 is 0. The van der Waals surface area contributed by atoms with E-state index in [2.05, 4.69) is 28.9 Å². The number of hydrogen-bond donors (Lipinski definition) is 0. The van der Waals surface area contributed by atoms with Gasteiger partial charge in [0.25, 0.3) is 0 Å². The average molecular weight is 363 g/mol. The summed E-state index contributed by atoms with van der Waals surface area (Å²) < 4.78 is 16.4. The van der Waals surface area contributed by atoms with Gasteiger partial charge in [-0.1, -0.05) is 19.8 Å². The van der Waals surface area contributed by atoms with Gasteiger partial charge in [-0.3, -0.25) is 9.80 Å². The van der Waals surface area contributed by atoms with Crippen LogP contribution in [0.1, 0.15) is 38.2 Å². The van der Waals surface area contributed by atoms with Crippen LogP contribution in [0.25, 0.3) is 0 Å². The van der Waals surface area contributed by atoms with Crippen molar-refractivity contribution in [3.8, 4) is 17.2 Å². The van der Waals surface area contributed by atoms with Crippen molar-refractivity contribution in [3.63, 3.8) is 0 Å². The first-order chi connectivity index (χ1) is 12.6. The number of hydrogen-bond acceptors (Lipinski definition) is 5. The molecule has 0 spiro atoms. The molecular weight excluding hydrogens is 328 g/mol. The summed E-state index contributed by atoms with van der Waals surface area (Å²) in [4.78, 5) is 5.25. The second-order valence-electron chi connectivity index (χ2n) is 7.77. The summed E-state index contributed by atoms with van der Waals surface area (Å²) in [5, 5.41) is 0. The van der Waals surface area contributed by atoms with Gasteiger partial charge in [0.15, 0.2) is 11.5 Å². The molecule has 2 atom stereocenters. The molecule has 5 heteroatoms. The SMILES string of the molecule is COc1cc(CN2CCN([C@H]3CCC[C@@H](C)C3)CC2)cc(OC)c1OC. The maximum atomic E-state index is 5.48. The number of nitrogens with zero attached hydrogens (tertiary/aromatic N) is 2. The predicted octanol–water partition coefficient (Wildman–Crippen LogP) is 3.41. The van der Waals surface area contributed by atoms with E-state index in [1.165, 1.54) is 44.3 Å². The molecule has 1 aliphatic carbocycles. The zero-order valence-corrected chi connectivity index (χ0v) is 16.8. The van der Waals surface area contributed by atoms with Gasteiger partial charge < -0.3 is 14.2 Å². The largest absolute Gasteiger partial charge is 0.493 e. The fourth-order valence-corrected chi connectivity index (χ4v) is 4.51. The van der Waals surface area contributed by atoms with Gasteiger partial charge in [-0.2, -0.15) is 0 Å². The molecule has 1 aromatic carbocycles. The average Bonchev–Trinajstić information content (AvgIpc) is 2.67. The first-order valence-electron chi connectivity index (χ1n) is 9.90. The van der Waals surface area contributed by atoms with Gasteiger partial charge in [0.1, 0.15) is 0 Å². The summed E-state index contributed by atoms with van der Waals surface area (Å²) in [6, 6.07) is 4.94. The lowest BCUT2D eigenvalue weighted by Gasteiger charge is -2.42. The molecule has 1 heterocycles. The molecule has 3 rings (SSSR count). The molecule has 0 radical (unpaired) electrons. The highest BCUT2D eigenvalue weighted by atomic mass is 16.5. The van der Waals surface area contributed by atoms with Crippen molar-refractivity contribution in [1.82, 2.24) is 9.80 Å². The number of benzene rings is 1. The van der Waals surface area contributed by atoms with Crippen LogP contribution >= 0.6 is 0 Å². The monoisotopic (exact) mass is 362 g/mol. The number of methoxy groups -OCH3 is 3. The number of piperazine rings is 1. The van der Waals surface area contributed by atoms with Gasteiger partial charge in [0.05, 0.1) is 21.3 Å². The Labute approximate surface area is 158 Å². The molecule has 0 amide bonds. The molecule has 1 saturated carbocycles. The van der Waals surface area contributed by atoms with E-state index >= 15 is 0 Å². The van der Waals surface area contributed by atoms with Gasteiger partial charge in [-0.25, -0.2) is 0 Å². The van der Waals surface area contributed by atoms with Gasteiger partial charge >= 0.3 is 0 Å². The molecule has 5 nitrogen and oxygen atoms in total. The summed E-state index contributed by atoms with van der Waals surface area (Å²) in [6.45, 7) is 7.95. The van der Waals surface area contributed by atoms with Gasteiger partial charge in [-0.05, 0) is 36.5 Å². The van der Waals surface area contributed by atoms with Crippen molar-refractivity contribution in [3.05, 3.63) is 17.7 Å². The molecule has 1 saturated heterocycles. The van der Waals surface area contributed by atoms with Crippen molar-refractivity contribution >= 4 is 0 Å². The Morgan fingerprint density at radius 3 is 2.12 bits per heavy atom. The summed E-state index contributed by atoms with van der Waals surface area (Å²) in [5.74, 6) is 3.02. The van der Waals surface area contributed by atoms with Crippen LogP contribution in [0.4, 0.5) is 0 Å². The van der Waals surface area contributed by atoms with Crippen LogP contribution in [0.15, 0.2) is 12.1 Å². The molecular formula is C21H34N2O3. The van der Waals surface area contributed by atoms with E-state index in [9.17, 15) is 0 Å². The molecule has 1 aliphatic heterocycles. The van der Waals surface area contributed by atoms with Gasteiger partial charge in [0, 0.05) is 38.8 Å². The lowest BCUT2D eigenvalue weighted by Crippen LogP contribution is -2.50. The second-order valence-corrected chi connectivity index (χ2v) is 7.77. The fraction of sp³-hybridized carbons (Fsp3) is 0.714. The Kier molecular flexibility index (Phi) is 6.65. The molecule has 2 fully saturated rings. The Morgan fingerprint density at radius 2 is 1.58 bits per heavy atom. The zero-order valence-electron chi connectivity index (χ0n) is 16.8. The molecule has 26 heavy (non-hydrogen) atoms. The summed E-state index contributed by atoms with van der Waals surface area (Å²) in [7, 11) is 4.99. The lowest BCUT2D eigenvalue weighted by atomic mass is 9.86. The highest BCUT2D eigenvalue weighted by molar-refractivity contribution is 5.53. The highest BCUT2D eigenvalue weighted by Crippen LogP contribution is 2.38. The zero-order chi connectivity index (χ0) is 18.5. The van der Waals surface area contributed by atoms with E-state index in [1.54, 1.807) is 21.3 Å². The molecule has 146 valence electrons. The van der Waals surface area contributed by atoms with E-state index in [4.69, 9.17) is 14.2 Å². The smallest absolute Gasteiger partial charge is 0.203 e. The van der Waals surface area contributed by atoms with E-state index in [-0.39, 0.29) is 0 Å². The molecule has 0 unspecified atom stereocenters. The third-order valence-corrected chi connectivity index (χ3v) is 5.96. The van der Waals surface area contributed by atoms with E-state index in [0.717, 1.165) is 43.1 Å². The van der Waals surface area contributed by atoms with Gasteiger partial charge in [0.2, 0.25) is 5.75 Å². The minimum Gasteiger partial charge on any atom is -0.493 e. The van der Waals surface area contributed by atoms with Crippen LogP contribution in [0, 0.1) is 5.92 Å². The molecule has 2 aliphatic rings.